The molecule has 0 atom stereocenters. The van der Waals surface area contributed by atoms with Gasteiger partial charge in [-0.1, -0.05) is 103 Å². The van der Waals surface area contributed by atoms with Crippen molar-refractivity contribution in [2.45, 2.75) is 0 Å². The molecule has 0 saturated carbocycles. The molecule has 0 fully saturated rings. The van der Waals surface area contributed by atoms with Crippen molar-refractivity contribution in [3.8, 4) is 57.8 Å². The van der Waals surface area contributed by atoms with Crippen LogP contribution in [0, 0.1) is 34.0 Å². The number of hydrogen-bond donors (Lipinski definition) is 0. The number of fused-ring (bicyclic) bond motifs is 3. The van der Waals surface area contributed by atoms with Gasteiger partial charge in [0.2, 0.25) is 0 Å². The van der Waals surface area contributed by atoms with Crippen molar-refractivity contribution in [3.63, 3.8) is 0 Å². The first-order valence-corrected chi connectivity index (χ1v) is 22.4. The first kappa shape index (κ1) is 41.6. The standard InChI is InChI=1S/C61H38N8/c62-39-42-15-13-17-44(33-42)56-38-57(66-61(65-56)46-18-14-16-43(34-46)40-63)45-27-30-58(47(35-45)41-64)69-59-31-28-52(67(48-19-5-1-6-20-48)49-21-7-2-8-22-49)36-54(59)55-37-53(29-32-60(55)69)68(50-23-9-3-10-24-50)51-25-11-4-12-26-51/h1-38H. The minimum atomic E-state index is 0.415. The van der Waals surface area contributed by atoms with Crippen LogP contribution in [0.3, 0.4) is 0 Å². The Morgan fingerprint density at radius 1 is 0.348 bits per heavy atom. The summed E-state index contributed by atoms with van der Waals surface area (Å²) in [6.07, 6.45) is 0. The number of para-hydroxylation sites is 4. The maximum Gasteiger partial charge on any atom is 0.160 e. The summed E-state index contributed by atoms with van der Waals surface area (Å²) < 4.78 is 2.18. The molecule has 0 radical (unpaired) electrons. The van der Waals surface area contributed by atoms with Crippen molar-refractivity contribution < 1.29 is 0 Å². The zero-order chi connectivity index (χ0) is 46.7. The maximum absolute atomic E-state index is 11.1. The van der Waals surface area contributed by atoms with Gasteiger partial charge in [0.15, 0.2) is 5.82 Å². The Kier molecular flexibility index (Phi) is 10.9. The molecular weight excluding hydrogens is 845 g/mol. The fourth-order valence-electron chi connectivity index (χ4n) is 9.07. The van der Waals surface area contributed by atoms with E-state index >= 15 is 0 Å². The zero-order valence-corrected chi connectivity index (χ0v) is 37.0. The van der Waals surface area contributed by atoms with Gasteiger partial charge < -0.3 is 14.4 Å². The van der Waals surface area contributed by atoms with Crippen LogP contribution in [-0.4, -0.2) is 14.5 Å². The lowest BCUT2D eigenvalue weighted by Gasteiger charge is -2.26. The van der Waals surface area contributed by atoms with Crippen LogP contribution in [0.5, 0.6) is 0 Å². The molecule has 2 aromatic heterocycles. The second kappa shape index (κ2) is 18.1. The van der Waals surface area contributed by atoms with Crippen LogP contribution in [0.25, 0.3) is 61.4 Å². The molecule has 8 nitrogen and oxygen atoms in total. The van der Waals surface area contributed by atoms with Gasteiger partial charge in [-0.25, -0.2) is 9.97 Å². The van der Waals surface area contributed by atoms with Gasteiger partial charge in [-0.3, -0.25) is 0 Å². The van der Waals surface area contributed by atoms with E-state index in [0.29, 0.717) is 50.7 Å². The fourth-order valence-corrected chi connectivity index (χ4v) is 9.07. The predicted molar refractivity (Wildman–Crippen MR) is 276 cm³/mol. The molecule has 0 amide bonds. The predicted octanol–water partition coefficient (Wildman–Crippen LogP) is 15.1. The Labute approximate surface area is 399 Å². The molecule has 0 spiro atoms. The molecule has 0 aliphatic heterocycles. The van der Waals surface area contributed by atoms with Crippen molar-refractivity contribution >= 4 is 55.9 Å². The van der Waals surface area contributed by atoms with Crippen molar-refractivity contribution in [2.75, 3.05) is 9.80 Å². The molecule has 11 rings (SSSR count). The maximum atomic E-state index is 11.1. The van der Waals surface area contributed by atoms with E-state index < -0.39 is 0 Å². The molecule has 0 unspecified atom stereocenters. The highest BCUT2D eigenvalue weighted by Gasteiger charge is 2.22. The van der Waals surface area contributed by atoms with Gasteiger partial charge in [0.05, 0.1) is 56.9 Å². The minimum Gasteiger partial charge on any atom is -0.310 e. The van der Waals surface area contributed by atoms with Crippen molar-refractivity contribution in [1.29, 1.82) is 15.8 Å². The third-order valence-corrected chi connectivity index (χ3v) is 12.2. The highest BCUT2D eigenvalue weighted by atomic mass is 15.1. The molecule has 0 aliphatic carbocycles. The summed E-state index contributed by atoms with van der Waals surface area (Å²) in [5, 5.41) is 32.6. The van der Waals surface area contributed by atoms with Gasteiger partial charge in [0.1, 0.15) is 6.07 Å². The summed E-state index contributed by atoms with van der Waals surface area (Å²) in [6, 6.07) is 83.8. The van der Waals surface area contributed by atoms with Crippen LogP contribution >= 0.6 is 0 Å². The smallest absolute Gasteiger partial charge is 0.160 e. The molecule has 11 aromatic rings. The molecule has 69 heavy (non-hydrogen) atoms. The van der Waals surface area contributed by atoms with Gasteiger partial charge in [-0.2, -0.15) is 15.8 Å². The summed E-state index contributed by atoms with van der Waals surface area (Å²) in [7, 11) is 0. The Morgan fingerprint density at radius 2 is 0.783 bits per heavy atom. The molecular formula is C61H38N8. The normalized spacial score (nSPS) is 10.9. The van der Waals surface area contributed by atoms with Gasteiger partial charge in [-0.15, -0.1) is 0 Å². The Balaban J connectivity index is 1.12. The quantitative estimate of drug-likeness (QED) is 0.135. The average Bonchev–Trinajstić information content (AvgIpc) is 3.74. The Bertz CT molecular complexity index is 3530. The van der Waals surface area contributed by atoms with E-state index in [1.54, 1.807) is 24.3 Å². The molecule has 8 heteroatoms. The summed E-state index contributed by atoms with van der Waals surface area (Å²) in [5.74, 6) is 0.415. The first-order chi connectivity index (χ1) is 34.1. The minimum absolute atomic E-state index is 0.415. The van der Waals surface area contributed by atoms with Crippen LogP contribution in [0.1, 0.15) is 16.7 Å². The van der Waals surface area contributed by atoms with E-state index in [2.05, 4.69) is 166 Å². The Morgan fingerprint density at radius 3 is 1.23 bits per heavy atom. The Hall–Kier alpha value is -10.1. The van der Waals surface area contributed by atoms with E-state index in [4.69, 9.17) is 9.97 Å². The summed E-state index contributed by atoms with van der Waals surface area (Å²) in [5.41, 5.74) is 13.4. The van der Waals surface area contributed by atoms with E-state index in [0.717, 1.165) is 61.5 Å². The average molecular weight is 883 g/mol. The van der Waals surface area contributed by atoms with Gasteiger partial charge in [0, 0.05) is 61.6 Å². The lowest BCUT2D eigenvalue weighted by molar-refractivity contribution is 1.16. The number of anilines is 6. The second-order valence-corrected chi connectivity index (χ2v) is 16.4. The van der Waals surface area contributed by atoms with E-state index in [9.17, 15) is 15.8 Å². The van der Waals surface area contributed by atoms with Gasteiger partial charge >= 0.3 is 0 Å². The SMILES string of the molecule is N#Cc1cccc(-c2cc(-c3ccc(-n4c5ccc(N(c6ccccc6)c6ccccc6)cc5c5cc(N(c6ccccc6)c6ccccc6)ccc54)c(C#N)c3)nc(-c3cccc(C#N)c3)n2)c1. The van der Waals surface area contributed by atoms with Crippen molar-refractivity contribution in [1.82, 2.24) is 14.5 Å². The van der Waals surface area contributed by atoms with E-state index in [1.165, 1.54) is 0 Å². The summed E-state index contributed by atoms with van der Waals surface area (Å²) in [6.45, 7) is 0. The highest BCUT2D eigenvalue weighted by molar-refractivity contribution is 6.12. The number of nitrogens with zero attached hydrogens (tertiary/aromatic N) is 8. The number of hydrogen-bond acceptors (Lipinski definition) is 7. The molecule has 0 aliphatic rings. The van der Waals surface area contributed by atoms with Crippen LogP contribution in [0.15, 0.2) is 231 Å². The zero-order valence-electron chi connectivity index (χ0n) is 37.0. The summed E-state index contributed by atoms with van der Waals surface area (Å²) >= 11 is 0. The number of rotatable bonds is 10. The first-order valence-electron chi connectivity index (χ1n) is 22.4. The number of nitriles is 3. The topological polar surface area (TPSA) is 109 Å². The molecule has 9 aromatic carbocycles. The van der Waals surface area contributed by atoms with E-state index in [1.807, 2.05) is 72.8 Å². The summed E-state index contributed by atoms with van der Waals surface area (Å²) in [4.78, 5) is 14.5. The van der Waals surface area contributed by atoms with Crippen molar-refractivity contribution in [3.05, 3.63) is 247 Å². The number of aromatic nitrogens is 3. The van der Waals surface area contributed by atoms with Crippen LogP contribution in [-0.2, 0) is 0 Å². The fraction of sp³-hybridized carbons (Fsp3) is 0. The molecule has 2 heterocycles. The van der Waals surface area contributed by atoms with Gasteiger partial charge in [0.25, 0.3) is 0 Å². The third kappa shape index (κ3) is 7.96. The highest BCUT2D eigenvalue weighted by Crippen LogP contribution is 2.43. The van der Waals surface area contributed by atoms with E-state index in [-0.39, 0.29) is 0 Å². The van der Waals surface area contributed by atoms with Gasteiger partial charge in [-0.05, 0) is 127 Å². The third-order valence-electron chi connectivity index (χ3n) is 12.2. The lowest BCUT2D eigenvalue weighted by atomic mass is 10.0. The van der Waals surface area contributed by atoms with Crippen LogP contribution < -0.4 is 9.80 Å². The monoisotopic (exact) mass is 882 g/mol. The molecule has 322 valence electrons. The number of benzene rings is 9. The molecule has 0 bridgehead atoms. The molecule has 0 saturated heterocycles. The van der Waals surface area contributed by atoms with Crippen LogP contribution in [0.2, 0.25) is 0 Å². The molecule has 0 N–H and O–H groups in total. The largest absolute Gasteiger partial charge is 0.310 e. The van der Waals surface area contributed by atoms with Crippen LogP contribution in [0.4, 0.5) is 34.1 Å². The lowest BCUT2D eigenvalue weighted by Crippen LogP contribution is -2.09. The second-order valence-electron chi connectivity index (χ2n) is 16.4. The van der Waals surface area contributed by atoms with Crippen molar-refractivity contribution in [2.24, 2.45) is 0 Å².